The van der Waals surface area contributed by atoms with Gasteiger partial charge >= 0.3 is 0 Å². The maximum atomic E-state index is 5.65. The Bertz CT molecular complexity index is 171. The van der Waals surface area contributed by atoms with E-state index in [-0.39, 0.29) is 0 Å². The van der Waals surface area contributed by atoms with Gasteiger partial charge < -0.3 is 10.5 Å². The zero-order valence-electron chi connectivity index (χ0n) is 5.99. The largest absolute Gasteiger partial charge is 0.369 e. The van der Waals surface area contributed by atoms with Crippen molar-refractivity contribution >= 4 is 0 Å². The molecule has 2 heteroatoms. The molecule has 0 amide bonds. The van der Waals surface area contributed by atoms with E-state index in [0.29, 0.717) is 12.2 Å². The molecule has 3 rings (SSSR count). The van der Waals surface area contributed by atoms with Crippen LogP contribution in [0.3, 0.4) is 0 Å². The minimum Gasteiger partial charge on any atom is -0.369 e. The molecule has 2 aliphatic carbocycles. The lowest BCUT2D eigenvalue weighted by molar-refractivity contribution is 0.252. The van der Waals surface area contributed by atoms with Crippen molar-refractivity contribution in [3.05, 3.63) is 0 Å². The highest BCUT2D eigenvalue weighted by atomic mass is 16.6. The first-order valence-electron chi connectivity index (χ1n) is 4.25. The van der Waals surface area contributed by atoms with Gasteiger partial charge in [-0.1, -0.05) is 0 Å². The second-order valence-electron chi connectivity index (χ2n) is 3.96. The summed E-state index contributed by atoms with van der Waals surface area (Å²) >= 11 is 0. The van der Waals surface area contributed by atoms with Crippen LogP contribution in [0.2, 0.25) is 0 Å². The van der Waals surface area contributed by atoms with Gasteiger partial charge in [0.25, 0.3) is 0 Å². The maximum Gasteiger partial charge on any atom is 0.0876 e. The predicted molar refractivity (Wildman–Crippen MR) is 37.4 cm³/mol. The molecule has 1 heterocycles. The van der Waals surface area contributed by atoms with Gasteiger partial charge in [-0.25, -0.2) is 0 Å². The number of hydrogen-bond acceptors (Lipinski definition) is 2. The van der Waals surface area contributed by atoms with Crippen molar-refractivity contribution in [3.8, 4) is 0 Å². The Balaban J connectivity index is 1.85. The first-order chi connectivity index (χ1) is 4.90. The number of ether oxygens (including phenoxy) is 1. The summed E-state index contributed by atoms with van der Waals surface area (Å²) in [6, 6.07) is 0. The topological polar surface area (TPSA) is 38.5 Å². The first kappa shape index (κ1) is 5.56. The number of nitrogens with two attached hydrogens (primary N) is 1. The number of rotatable bonds is 1. The highest BCUT2D eigenvalue weighted by Crippen LogP contribution is 2.58. The number of fused-ring (bicyclic) bond motifs is 5. The Morgan fingerprint density at radius 1 is 1.30 bits per heavy atom. The fourth-order valence-electron chi connectivity index (χ4n) is 3.00. The molecule has 0 aromatic rings. The Labute approximate surface area is 60.7 Å². The van der Waals surface area contributed by atoms with E-state index in [1.54, 1.807) is 0 Å². The fourth-order valence-corrected chi connectivity index (χ4v) is 3.00. The van der Waals surface area contributed by atoms with E-state index in [1.165, 1.54) is 12.8 Å². The molecule has 0 aromatic heterocycles. The Hall–Kier alpha value is -0.0800. The Morgan fingerprint density at radius 2 is 2.20 bits per heavy atom. The highest BCUT2D eigenvalue weighted by molar-refractivity contribution is 5.10. The molecule has 2 N–H and O–H groups in total. The first-order valence-corrected chi connectivity index (χ1v) is 4.25. The fraction of sp³-hybridized carbons (Fsp3) is 1.00. The summed E-state index contributed by atoms with van der Waals surface area (Å²) in [5.74, 6) is 2.54. The second-order valence-corrected chi connectivity index (χ2v) is 3.96. The molecule has 3 aliphatic rings. The normalized spacial score (nSPS) is 62.7. The third-order valence-corrected chi connectivity index (χ3v) is 3.54. The van der Waals surface area contributed by atoms with E-state index < -0.39 is 0 Å². The van der Waals surface area contributed by atoms with Gasteiger partial charge in [-0.05, 0) is 37.1 Å². The minimum atomic E-state index is 0.646. The average Bonchev–Trinajstić information content (AvgIpc) is 2.58. The molecular formula is C8H13NO. The van der Waals surface area contributed by atoms with Crippen molar-refractivity contribution in [2.24, 2.45) is 23.5 Å². The predicted octanol–water partition coefficient (Wildman–Crippen LogP) is 0.369. The summed E-state index contributed by atoms with van der Waals surface area (Å²) in [6.45, 7) is 0.883. The van der Waals surface area contributed by atoms with Gasteiger partial charge in [0.05, 0.1) is 12.2 Å². The maximum absolute atomic E-state index is 5.65. The molecule has 2 nitrogen and oxygen atoms in total. The molecule has 0 radical (unpaired) electrons. The SMILES string of the molecule is NC[C@@H]1C[C@H]2C[C@H]1[C@H]1O[C@@H]21. The van der Waals surface area contributed by atoms with Crippen LogP contribution in [-0.2, 0) is 4.74 Å². The van der Waals surface area contributed by atoms with Crippen LogP contribution < -0.4 is 5.73 Å². The minimum absolute atomic E-state index is 0.646. The van der Waals surface area contributed by atoms with Gasteiger partial charge in [0.2, 0.25) is 0 Å². The van der Waals surface area contributed by atoms with Gasteiger partial charge in [0.1, 0.15) is 0 Å². The Morgan fingerprint density at radius 3 is 2.80 bits per heavy atom. The molecule has 3 fully saturated rings. The number of hydrogen-bond donors (Lipinski definition) is 1. The van der Waals surface area contributed by atoms with Crippen LogP contribution >= 0.6 is 0 Å². The van der Waals surface area contributed by atoms with E-state index in [0.717, 1.165) is 24.3 Å². The number of epoxide rings is 1. The molecule has 0 unspecified atom stereocenters. The lowest BCUT2D eigenvalue weighted by Gasteiger charge is -2.15. The van der Waals surface area contributed by atoms with Crippen molar-refractivity contribution in [1.82, 2.24) is 0 Å². The highest BCUT2D eigenvalue weighted by Gasteiger charge is 2.62. The summed E-state index contributed by atoms with van der Waals surface area (Å²) in [4.78, 5) is 0. The summed E-state index contributed by atoms with van der Waals surface area (Å²) < 4.78 is 5.52. The average molecular weight is 139 g/mol. The van der Waals surface area contributed by atoms with Crippen LogP contribution in [-0.4, -0.2) is 18.8 Å². The zero-order valence-corrected chi connectivity index (χ0v) is 5.99. The Kier molecular flexibility index (Phi) is 0.868. The second kappa shape index (κ2) is 1.56. The van der Waals surface area contributed by atoms with Crippen LogP contribution in [0.4, 0.5) is 0 Å². The standard InChI is InChI=1S/C8H13NO/c9-3-5-1-4-2-6(5)8-7(4)10-8/h4-8H,1-3,9H2/t4-,5-,6+,7-,8+/m0/s1. The lowest BCUT2D eigenvalue weighted by atomic mass is 9.89. The molecule has 0 spiro atoms. The summed E-state index contributed by atoms with van der Waals surface area (Å²) in [7, 11) is 0. The van der Waals surface area contributed by atoms with Crippen LogP contribution in [0.1, 0.15) is 12.8 Å². The quantitative estimate of drug-likeness (QED) is 0.533. The van der Waals surface area contributed by atoms with E-state index >= 15 is 0 Å². The van der Waals surface area contributed by atoms with E-state index in [2.05, 4.69) is 0 Å². The van der Waals surface area contributed by atoms with Gasteiger partial charge in [0, 0.05) is 0 Å². The molecule has 2 saturated carbocycles. The molecule has 10 heavy (non-hydrogen) atoms. The molecule has 1 saturated heterocycles. The van der Waals surface area contributed by atoms with Gasteiger partial charge in [-0.2, -0.15) is 0 Å². The van der Waals surface area contributed by atoms with Crippen molar-refractivity contribution in [2.45, 2.75) is 25.0 Å². The molecule has 0 aromatic carbocycles. The van der Waals surface area contributed by atoms with Crippen LogP contribution in [0.15, 0.2) is 0 Å². The summed E-state index contributed by atoms with van der Waals surface area (Å²) in [5, 5.41) is 0. The molecule has 5 atom stereocenters. The van der Waals surface area contributed by atoms with Gasteiger partial charge in [0.15, 0.2) is 0 Å². The van der Waals surface area contributed by atoms with Crippen LogP contribution in [0.5, 0.6) is 0 Å². The van der Waals surface area contributed by atoms with Gasteiger partial charge in [-0.3, -0.25) is 0 Å². The van der Waals surface area contributed by atoms with Crippen LogP contribution in [0, 0.1) is 17.8 Å². The molecule has 56 valence electrons. The molecule has 1 aliphatic heterocycles. The summed E-state index contributed by atoms with van der Waals surface area (Å²) in [5.41, 5.74) is 5.65. The van der Waals surface area contributed by atoms with Crippen molar-refractivity contribution < 1.29 is 4.74 Å². The smallest absolute Gasteiger partial charge is 0.0876 e. The van der Waals surface area contributed by atoms with E-state index in [4.69, 9.17) is 10.5 Å². The van der Waals surface area contributed by atoms with Crippen molar-refractivity contribution in [3.63, 3.8) is 0 Å². The van der Waals surface area contributed by atoms with Crippen LogP contribution in [0.25, 0.3) is 0 Å². The lowest BCUT2D eigenvalue weighted by Crippen LogP contribution is -2.24. The molecule has 2 bridgehead atoms. The third kappa shape index (κ3) is 0.487. The van der Waals surface area contributed by atoms with Crippen molar-refractivity contribution in [1.29, 1.82) is 0 Å². The zero-order chi connectivity index (χ0) is 6.72. The monoisotopic (exact) mass is 139 g/mol. The van der Waals surface area contributed by atoms with Gasteiger partial charge in [-0.15, -0.1) is 0 Å². The third-order valence-electron chi connectivity index (χ3n) is 3.54. The summed E-state index contributed by atoms with van der Waals surface area (Å²) in [6.07, 6.45) is 4.08. The molecular weight excluding hydrogens is 126 g/mol. The van der Waals surface area contributed by atoms with Crippen molar-refractivity contribution in [2.75, 3.05) is 6.54 Å². The van der Waals surface area contributed by atoms with E-state index in [1.807, 2.05) is 0 Å². The van der Waals surface area contributed by atoms with E-state index in [9.17, 15) is 0 Å².